The standard InChI is InChI=1S/C21H24O10/c22-8-17-18(26)19(27)20(28)21(31-17)29-10-6-13(24)11-2-4-15(30-16(11)7-10)9-1-3-12(23)14(25)5-9/h1,3,5-7,15,17-28H,2,4,8H2/t15-,17-,18-,19+,20-,21-/m1/s1. The molecule has 10 heteroatoms. The van der Waals surface area contributed by atoms with E-state index in [4.69, 9.17) is 14.2 Å². The second-order valence-corrected chi connectivity index (χ2v) is 7.63. The van der Waals surface area contributed by atoms with Gasteiger partial charge in [-0.3, -0.25) is 0 Å². The second-order valence-electron chi connectivity index (χ2n) is 7.63. The molecule has 2 aromatic carbocycles. The lowest BCUT2D eigenvalue weighted by Crippen LogP contribution is -2.60. The van der Waals surface area contributed by atoms with E-state index in [1.165, 1.54) is 24.3 Å². The zero-order valence-corrected chi connectivity index (χ0v) is 16.3. The van der Waals surface area contributed by atoms with E-state index in [0.29, 0.717) is 29.7 Å². The summed E-state index contributed by atoms with van der Waals surface area (Å²) in [5.74, 6) is -0.204. The SMILES string of the molecule is OC[C@H]1O[C@@H](Oc2cc(O)c3c(c2)O[C@@H](c2ccc(O)c(O)c2)CC3)[C@H](O)[C@@H](O)[C@@H]1O. The predicted octanol–water partition coefficient (Wildman–Crippen LogP) is 0.0484. The van der Waals surface area contributed by atoms with Crippen molar-refractivity contribution in [2.45, 2.75) is 49.7 Å². The van der Waals surface area contributed by atoms with Gasteiger partial charge < -0.3 is 50.0 Å². The molecule has 0 spiro atoms. The summed E-state index contributed by atoms with van der Waals surface area (Å²) in [4.78, 5) is 0. The largest absolute Gasteiger partial charge is 0.507 e. The molecule has 2 aliphatic heterocycles. The topological polar surface area (TPSA) is 169 Å². The minimum atomic E-state index is -1.59. The van der Waals surface area contributed by atoms with Gasteiger partial charge in [-0.1, -0.05) is 6.07 Å². The molecule has 0 saturated carbocycles. The third-order valence-electron chi connectivity index (χ3n) is 5.56. The highest BCUT2D eigenvalue weighted by Crippen LogP contribution is 2.43. The van der Waals surface area contributed by atoms with Gasteiger partial charge in [0.25, 0.3) is 0 Å². The van der Waals surface area contributed by atoms with Crippen LogP contribution >= 0.6 is 0 Å². The van der Waals surface area contributed by atoms with Crippen molar-refractivity contribution in [1.82, 2.24) is 0 Å². The summed E-state index contributed by atoms with van der Waals surface area (Å²) in [6, 6.07) is 7.19. The molecule has 0 aromatic heterocycles. The lowest BCUT2D eigenvalue weighted by molar-refractivity contribution is -0.277. The van der Waals surface area contributed by atoms with Crippen molar-refractivity contribution in [3.63, 3.8) is 0 Å². The smallest absolute Gasteiger partial charge is 0.229 e. The number of ether oxygens (including phenoxy) is 3. The maximum atomic E-state index is 10.4. The number of hydrogen-bond acceptors (Lipinski definition) is 10. The summed E-state index contributed by atoms with van der Waals surface area (Å²) in [7, 11) is 0. The van der Waals surface area contributed by atoms with Crippen molar-refractivity contribution in [1.29, 1.82) is 0 Å². The van der Waals surface area contributed by atoms with Gasteiger partial charge in [0.15, 0.2) is 11.5 Å². The molecule has 168 valence electrons. The lowest BCUT2D eigenvalue weighted by atomic mass is 9.96. The van der Waals surface area contributed by atoms with E-state index in [1.807, 2.05) is 0 Å². The Bertz CT molecular complexity index is 946. The van der Waals surface area contributed by atoms with Crippen LogP contribution < -0.4 is 9.47 Å². The Kier molecular flexibility index (Phi) is 5.82. The predicted molar refractivity (Wildman–Crippen MR) is 104 cm³/mol. The normalized spacial score (nSPS) is 30.3. The van der Waals surface area contributed by atoms with Crippen molar-refractivity contribution < 1.29 is 50.0 Å². The first-order chi connectivity index (χ1) is 14.8. The van der Waals surface area contributed by atoms with Gasteiger partial charge in [0.05, 0.1) is 6.61 Å². The third-order valence-corrected chi connectivity index (χ3v) is 5.56. The van der Waals surface area contributed by atoms with Crippen molar-refractivity contribution in [2.75, 3.05) is 6.61 Å². The van der Waals surface area contributed by atoms with Crippen molar-refractivity contribution >= 4 is 0 Å². The Morgan fingerprint density at radius 1 is 0.903 bits per heavy atom. The van der Waals surface area contributed by atoms with Crippen molar-refractivity contribution in [3.8, 4) is 28.7 Å². The monoisotopic (exact) mass is 436 g/mol. The molecular formula is C21H24O10. The van der Waals surface area contributed by atoms with Crippen LogP contribution in [0.1, 0.15) is 23.7 Å². The highest BCUT2D eigenvalue weighted by molar-refractivity contribution is 5.52. The first kappa shape index (κ1) is 21.5. The molecule has 10 nitrogen and oxygen atoms in total. The van der Waals surface area contributed by atoms with Crippen LogP contribution in [0.25, 0.3) is 0 Å². The number of fused-ring (bicyclic) bond motifs is 1. The van der Waals surface area contributed by atoms with Crippen molar-refractivity contribution in [2.24, 2.45) is 0 Å². The minimum absolute atomic E-state index is 0.0785. The Morgan fingerprint density at radius 3 is 2.39 bits per heavy atom. The van der Waals surface area contributed by atoms with E-state index in [9.17, 15) is 35.7 Å². The number of benzene rings is 2. The molecule has 7 N–H and O–H groups in total. The number of aliphatic hydroxyl groups excluding tert-OH is 4. The van der Waals surface area contributed by atoms with Gasteiger partial charge in [0, 0.05) is 17.7 Å². The van der Waals surface area contributed by atoms with Crippen LogP contribution in [0.15, 0.2) is 30.3 Å². The van der Waals surface area contributed by atoms with Crippen LogP contribution in [0, 0.1) is 0 Å². The maximum absolute atomic E-state index is 10.4. The molecule has 31 heavy (non-hydrogen) atoms. The molecular weight excluding hydrogens is 412 g/mol. The molecule has 0 radical (unpaired) electrons. The van der Waals surface area contributed by atoms with Crippen molar-refractivity contribution in [3.05, 3.63) is 41.5 Å². The van der Waals surface area contributed by atoms with E-state index in [1.54, 1.807) is 6.07 Å². The van der Waals surface area contributed by atoms with Gasteiger partial charge in [-0.25, -0.2) is 0 Å². The van der Waals surface area contributed by atoms with E-state index >= 15 is 0 Å². The molecule has 2 heterocycles. The number of phenols is 3. The Labute approximate surface area is 177 Å². The number of rotatable bonds is 4. The summed E-state index contributed by atoms with van der Waals surface area (Å²) in [5.41, 5.74) is 1.20. The van der Waals surface area contributed by atoms with Crippen LogP contribution in [0.3, 0.4) is 0 Å². The quantitative estimate of drug-likeness (QED) is 0.325. The molecule has 2 aromatic rings. The fourth-order valence-corrected chi connectivity index (χ4v) is 3.79. The molecule has 6 atom stereocenters. The summed E-state index contributed by atoms with van der Waals surface area (Å²) in [6.07, 6.45) is -6.66. The average molecular weight is 436 g/mol. The molecule has 0 amide bonds. The average Bonchev–Trinajstić information content (AvgIpc) is 2.75. The Balaban J connectivity index is 1.55. The summed E-state index contributed by atoms with van der Waals surface area (Å²) in [6.45, 7) is -0.593. The van der Waals surface area contributed by atoms with E-state index < -0.39 is 43.4 Å². The fourth-order valence-electron chi connectivity index (χ4n) is 3.79. The second kappa shape index (κ2) is 8.40. The summed E-state index contributed by atoms with van der Waals surface area (Å²) >= 11 is 0. The molecule has 1 fully saturated rings. The number of aliphatic hydroxyl groups is 4. The van der Waals surface area contributed by atoms with E-state index in [2.05, 4.69) is 0 Å². The molecule has 0 bridgehead atoms. The zero-order valence-electron chi connectivity index (χ0n) is 16.3. The Morgan fingerprint density at radius 2 is 1.68 bits per heavy atom. The maximum Gasteiger partial charge on any atom is 0.229 e. The third kappa shape index (κ3) is 4.08. The number of hydrogen-bond donors (Lipinski definition) is 7. The molecule has 4 rings (SSSR count). The van der Waals surface area contributed by atoms with Gasteiger partial charge >= 0.3 is 0 Å². The Hall–Kier alpha value is -2.76. The van der Waals surface area contributed by atoms with Gasteiger partial charge in [0.2, 0.25) is 6.29 Å². The first-order valence-corrected chi connectivity index (χ1v) is 9.80. The zero-order chi connectivity index (χ0) is 22.3. The van der Waals surface area contributed by atoms with Crippen LogP contribution in [0.2, 0.25) is 0 Å². The summed E-state index contributed by atoms with van der Waals surface area (Å²) < 4.78 is 16.9. The lowest BCUT2D eigenvalue weighted by Gasteiger charge is -2.39. The van der Waals surface area contributed by atoms with Crippen LogP contribution in [-0.2, 0) is 11.2 Å². The van der Waals surface area contributed by atoms with Gasteiger partial charge in [-0.05, 0) is 30.5 Å². The molecule has 0 aliphatic carbocycles. The highest BCUT2D eigenvalue weighted by Gasteiger charge is 2.44. The van der Waals surface area contributed by atoms with Gasteiger partial charge in [-0.2, -0.15) is 0 Å². The number of phenolic OH excluding ortho intramolecular Hbond substituents is 3. The molecule has 2 aliphatic rings. The van der Waals surface area contributed by atoms with Crippen LogP contribution in [0.4, 0.5) is 0 Å². The van der Waals surface area contributed by atoms with Gasteiger partial charge in [-0.15, -0.1) is 0 Å². The number of aromatic hydroxyl groups is 3. The van der Waals surface area contributed by atoms with E-state index in [-0.39, 0.29) is 23.0 Å². The van der Waals surface area contributed by atoms with Crippen LogP contribution in [0.5, 0.6) is 28.7 Å². The molecule has 0 unspecified atom stereocenters. The minimum Gasteiger partial charge on any atom is -0.507 e. The van der Waals surface area contributed by atoms with E-state index in [0.717, 1.165) is 0 Å². The summed E-state index contributed by atoms with van der Waals surface area (Å²) in [5, 5.41) is 68.9. The van der Waals surface area contributed by atoms with Gasteiger partial charge in [0.1, 0.15) is 47.8 Å². The first-order valence-electron chi connectivity index (χ1n) is 9.80. The highest BCUT2D eigenvalue weighted by atomic mass is 16.7. The van der Waals surface area contributed by atoms with Crippen LogP contribution in [-0.4, -0.2) is 73.1 Å². The fraction of sp³-hybridized carbons (Fsp3) is 0.429. The molecule has 1 saturated heterocycles.